The largest absolute Gasteiger partial charge is 0.398 e. The third-order valence-electron chi connectivity index (χ3n) is 4.25. The van der Waals surface area contributed by atoms with Crippen molar-refractivity contribution in [2.45, 2.75) is 52.4 Å². The molecule has 4 N–H and O–H groups in total. The van der Waals surface area contributed by atoms with Crippen LogP contribution in [0.5, 0.6) is 0 Å². The van der Waals surface area contributed by atoms with Crippen LogP contribution in [0, 0.1) is 0 Å². The number of nitrogens with two attached hydrogens (primary N) is 2. The van der Waals surface area contributed by atoms with E-state index in [0.717, 1.165) is 24.2 Å². The van der Waals surface area contributed by atoms with Gasteiger partial charge in [0, 0.05) is 11.4 Å². The molecule has 0 aliphatic heterocycles. The highest BCUT2D eigenvalue weighted by molar-refractivity contribution is 5.51. The highest BCUT2D eigenvalue weighted by Gasteiger charge is 2.08. The summed E-state index contributed by atoms with van der Waals surface area (Å²) < 4.78 is 0. The van der Waals surface area contributed by atoms with Crippen LogP contribution in [-0.2, 0) is 12.8 Å². The molecule has 0 aliphatic carbocycles. The predicted molar refractivity (Wildman–Crippen MR) is 97.3 cm³/mol. The Morgan fingerprint density at radius 3 is 1.36 bits per heavy atom. The van der Waals surface area contributed by atoms with Gasteiger partial charge in [-0.25, -0.2) is 0 Å². The van der Waals surface area contributed by atoms with Crippen LogP contribution in [0.4, 0.5) is 11.4 Å². The molecule has 2 nitrogen and oxygen atoms in total. The minimum atomic E-state index is 0.462. The summed E-state index contributed by atoms with van der Waals surface area (Å²) in [6.45, 7) is 8.74. The zero-order valence-corrected chi connectivity index (χ0v) is 14.2. The fourth-order valence-electron chi connectivity index (χ4n) is 2.85. The second-order valence-corrected chi connectivity index (χ2v) is 6.74. The number of anilines is 2. The second kappa shape index (κ2) is 6.87. The second-order valence-electron chi connectivity index (χ2n) is 6.74. The average molecular weight is 296 g/mol. The lowest BCUT2D eigenvalue weighted by Gasteiger charge is -2.13. The molecule has 0 bridgehead atoms. The topological polar surface area (TPSA) is 52.0 Å². The van der Waals surface area contributed by atoms with Gasteiger partial charge in [0.05, 0.1) is 0 Å². The number of hydrogen-bond donors (Lipinski definition) is 2. The van der Waals surface area contributed by atoms with Crippen LogP contribution in [0.25, 0.3) is 0 Å². The van der Waals surface area contributed by atoms with Gasteiger partial charge < -0.3 is 11.5 Å². The van der Waals surface area contributed by atoms with Crippen molar-refractivity contribution in [2.24, 2.45) is 0 Å². The number of rotatable bonds is 5. The van der Waals surface area contributed by atoms with E-state index < -0.39 is 0 Å². The summed E-state index contributed by atoms with van der Waals surface area (Å²) in [4.78, 5) is 0. The van der Waals surface area contributed by atoms with Gasteiger partial charge in [-0.05, 0) is 59.1 Å². The summed E-state index contributed by atoms with van der Waals surface area (Å²) in [6.07, 6.45) is 2.06. The molecule has 0 saturated heterocycles. The Labute approximate surface area is 134 Å². The highest BCUT2D eigenvalue weighted by Crippen LogP contribution is 2.25. The lowest BCUT2D eigenvalue weighted by molar-refractivity contribution is 0.854. The van der Waals surface area contributed by atoms with Gasteiger partial charge >= 0.3 is 0 Å². The van der Waals surface area contributed by atoms with Gasteiger partial charge in [-0.3, -0.25) is 0 Å². The Morgan fingerprint density at radius 2 is 1.05 bits per heavy atom. The quantitative estimate of drug-likeness (QED) is 0.772. The van der Waals surface area contributed by atoms with Gasteiger partial charge in [0.2, 0.25) is 0 Å². The van der Waals surface area contributed by atoms with E-state index >= 15 is 0 Å². The molecule has 2 heteroatoms. The highest BCUT2D eigenvalue weighted by atomic mass is 14.6. The maximum absolute atomic E-state index is 6.05. The van der Waals surface area contributed by atoms with Gasteiger partial charge in [0.1, 0.15) is 0 Å². The number of aryl methyl sites for hydroxylation is 2. The smallest absolute Gasteiger partial charge is 0.0349 e. The van der Waals surface area contributed by atoms with Crippen molar-refractivity contribution in [3.05, 3.63) is 58.7 Å². The molecule has 0 aromatic heterocycles. The van der Waals surface area contributed by atoms with Crippen molar-refractivity contribution in [2.75, 3.05) is 11.5 Å². The van der Waals surface area contributed by atoms with Gasteiger partial charge in [-0.15, -0.1) is 0 Å². The molecule has 0 aliphatic rings. The molecule has 0 fully saturated rings. The van der Waals surface area contributed by atoms with Crippen LogP contribution in [0.2, 0.25) is 0 Å². The number of benzene rings is 2. The summed E-state index contributed by atoms with van der Waals surface area (Å²) in [7, 11) is 0. The lowest BCUT2D eigenvalue weighted by atomic mass is 9.94. The number of hydrogen-bond acceptors (Lipinski definition) is 2. The molecule has 2 aromatic rings. The molecular weight excluding hydrogens is 268 g/mol. The maximum atomic E-state index is 6.05. The summed E-state index contributed by atoms with van der Waals surface area (Å²) in [5, 5.41) is 0. The van der Waals surface area contributed by atoms with E-state index in [0.29, 0.717) is 11.8 Å². The minimum absolute atomic E-state index is 0.462. The average Bonchev–Trinajstić information content (AvgIpc) is 2.47. The number of nitrogen functional groups attached to an aromatic ring is 2. The maximum Gasteiger partial charge on any atom is 0.0349 e. The third-order valence-corrected chi connectivity index (χ3v) is 4.25. The molecule has 0 atom stereocenters. The van der Waals surface area contributed by atoms with E-state index in [-0.39, 0.29) is 0 Å². The van der Waals surface area contributed by atoms with Gasteiger partial charge in [-0.1, -0.05) is 52.0 Å². The molecule has 2 rings (SSSR count). The molecule has 0 amide bonds. The fourth-order valence-corrected chi connectivity index (χ4v) is 2.85. The first-order valence-corrected chi connectivity index (χ1v) is 8.15. The van der Waals surface area contributed by atoms with Crippen LogP contribution in [-0.4, -0.2) is 0 Å². The summed E-state index contributed by atoms with van der Waals surface area (Å²) in [5.41, 5.74) is 19.1. The predicted octanol–water partition coefficient (Wildman–Crippen LogP) is 4.88. The zero-order valence-electron chi connectivity index (χ0n) is 14.2. The first-order valence-electron chi connectivity index (χ1n) is 8.15. The molecule has 0 radical (unpaired) electrons. The van der Waals surface area contributed by atoms with E-state index in [2.05, 4.69) is 52.0 Å². The van der Waals surface area contributed by atoms with Crippen molar-refractivity contribution in [1.82, 2.24) is 0 Å². The van der Waals surface area contributed by atoms with Crippen molar-refractivity contribution >= 4 is 11.4 Å². The van der Waals surface area contributed by atoms with Crippen LogP contribution >= 0.6 is 0 Å². The molecule has 2 aromatic carbocycles. The Bertz CT molecular complexity index is 585. The van der Waals surface area contributed by atoms with Crippen molar-refractivity contribution in [3.8, 4) is 0 Å². The first-order chi connectivity index (χ1) is 10.4. The SMILES string of the molecule is CC(C)c1cc(CCc2ccc(N)c(C(C)C)c2)ccc1N. The molecule has 0 heterocycles. The Kier molecular flexibility index (Phi) is 5.12. The molecule has 0 saturated carbocycles. The molecular formula is C20H28N2. The molecule has 22 heavy (non-hydrogen) atoms. The van der Waals surface area contributed by atoms with E-state index in [1.165, 1.54) is 22.3 Å². The summed E-state index contributed by atoms with van der Waals surface area (Å²) in [5.74, 6) is 0.924. The fraction of sp³-hybridized carbons (Fsp3) is 0.400. The van der Waals surface area contributed by atoms with Crippen molar-refractivity contribution in [1.29, 1.82) is 0 Å². The molecule has 118 valence electrons. The Morgan fingerprint density at radius 1 is 0.682 bits per heavy atom. The minimum Gasteiger partial charge on any atom is -0.398 e. The van der Waals surface area contributed by atoms with Gasteiger partial charge in [0.15, 0.2) is 0 Å². The molecule has 0 spiro atoms. The van der Waals surface area contributed by atoms with Crippen LogP contribution in [0.15, 0.2) is 36.4 Å². The monoisotopic (exact) mass is 296 g/mol. The summed E-state index contributed by atoms with van der Waals surface area (Å²) >= 11 is 0. The van der Waals surface area contributed by atoms with Crippen LogP contribution in [0.3, 0.4) is 0 Å². The van der Waals surface area contributed by atoms with E-state index in [9.17, 15) is 0 Å². The van der Waals surface area contributed by atoms with E-state index in [4.69, 9.17) is 11.5 Å². The van der Waals surface area contributed by atoms with E-state index in [1.54, 1.807) is 0 Å². The van der Waals surface area contributed by atoms with Gasteiger partial charge in [-0.2, -0.15) is 0 Å². The third kappa shape index (κ3) is 3.82. The molecule has 0 unspecified atom stereocenters. The Balaban J connectivity index is 2.13. The van der Waals surface area contributed by atoms with Gasteiger partial charge in [0.25, 0.3) is 0 Å². The normalized spacial score (nSPS) is 11.4. The standard InChI is InChI=1S/C20H28N2/c1-13(2)17-11-15(7-9-19(17)21)5-6-16-8-10-20(22)18(12-16)14(3)4/h7-14H,5-6,21-22H2,1-4H3. The van der Waals surface area contributed by atoms with Crippen molar-refractivity contribution < 1.29 is 0 Å². The van der Waals surface area contributed by atoms with Crippen LogP contribution < -0.4 is 11.5 Å². The first kappa shape index (κ1) is 16.4. The van der Waals surface area contributed by atoms with Crippen LogP contribution in [0.1, 0.15) is 61.8 Å². The van der Waals surface area contributed by atoms with Crippen molar-refractivity contribution in [3.63, 3.8) is 0 Å². The zero-order chi connectivity index (χ0) is 16.3. The van der Waals surface area contributed by atoms with E-state index in [1.807, 2.05) is 12.1 Å². The lowest BCUT2D eigenvalue weighted by Crippen LogP contribution is -2.01. The Hall–Kier alpha value is -1.96. The summed E-state index contributed by atoms with van der Waals surface area (Å²) in [6, 6.07) is 12.9.